The third-order valence-electron chi connectivity index (χ3n) is 2.12. The van der Waals surface area contributed by atoms with Crippen molar-refractivity contribution in [1.29, 1.82) is 0 Å². The van der Waals surface area contributed by atoms with Crippen molar-refractivity contribution in [2.75, 3.05) is 0 Å². The molecule has 0 aliphatic heterocycles. The van der Waals surface area contributed by atoms with Gasteiger partial charge in [-0.2, -0.15) is 0 Å². The van der Waals surface area contributed by atoms with Crippen LogP contribution < -0.4 is 5.73 Å². The SMILES string of the molecule is C[C@@]1(O)CCC(C(N)=O)C1. The van der Waals surface area contributed by atoms with Crippen LogP contribution in [0.25, 0.3) is 0 Å². The molecular weight excluding hydrogens is 130 g/mol. The van der Waals surface area contributed by atoms with Gasteiger partial charge >= 0.3 is 0 Å². The summed E-state index contributed by atoms with van der Waals surface area (Å²) in [5, 5.41) is 9.41. The minimum absolute atomic E-state index is 0.102. The zero-order chi connectivity index (χ0) is 7.78. The fraction of sp³-hybridized carbons (Fsp3) is 0.857. The highest BCUT2D eigenvalue weighted by molar-refractivity contribution is 5.77. The molecular formula is C7H13NO2. The van der Waals surface area contributed by atoms with Gasteiger partial charge in [0, 0.05) is 5.92 Å². The van der Waals surface area contributed by atoms with Crippen molar-refractivity contribution < 1.29 is 9.90 Å². The molecule has 1 aliphatic carbocycles. The average molecular weight is 143 g/mol. The number of aliphatic hydroxyl groups is 1. The average Bonchev–Trinajstić information content (AvgIpc) is 2.10. The van der Waals surface area contributed by atoms with Gasteiger partial charge in [0.1, 0.15) is 0 Å². The van der Waals surface area contributed by atoms with Gasteiger partial charge in [-0.25, -0.2) is 0 Å². The van der Waals surface area contributed by atoms with E-state index in [1.165, 1.54) is 0 Å². The van der Waals surface area contributed by atoms with E-state index in [9.17, 15) is 9.90 Å². The number of amides is 1. The predicted molar refractivity (Wildman–Crippen MR) is 37.2 cm³/mol. The summed E-state index contributed by atoms with van der Waals surface area (Å²) in [7, 11) is 0. The summed E-state index contributed by atoms with van der Waals surface area (Å²) in [6.07, 6.45) is 1.96. The predicted octanol–water partition coefficient (Wildman–Crippen LogP) is 0.0228. The first-order valence-corrected chi connectivity index (χ1v) is 3.53. The lowest BCUT2D eigenvalue weighted by Crippen LogP contribution is -2.25. The first-order chi connectivity index (χ1) is 4.51. The van der Waals surface area contributed by atoms with Crippen LogP contribution in [0.1, 0.15) is 26.2 Å². The molecule has 1 unspecified atom stereocenters. The Morgan fingerprint density at radius 2 is 2.40 bits per heavy atom. The Morgan fingerprint density at radius 1 is 1.80 bits per heavy atom. The Labute approximate surface area is 60.2 Å². The molecule has 0 spiro atoms. The molecule has 1 rings (SSSR count). The van der Waals surface area contributed by atoms with Crippen molar-refractivity contribution in [3.63, 3.8) is 0 Å². The van der Waals surface area contributed by atoms with Gasteiger partial charge in [-0.05, 0) is 26.2 Å². The molecule has 3 heteroatoms. The summed E-state index contributed by atoms with van der Waals surface area (Å²) in [5.41, 5.74) is 4.42. The van der Waals surface area contributed by atoms with E-state index in [-0.39, 0.29) is 11.8 Å². The molecule has 10 heavy (non-hydrogen) atoms. The molecule has 0 aromatic rings. The molecule has 1 saturated carbocycles. The molecule has 0 aromatic heterocycles. The van der Waals surface area contributed by atoms with E-state index in [0.717, 1.165) is 6.42 Å². The molecule has 1 amide bonds. The Kier molecular flexibility index (Phi) is 1.68. The Hall–Kier alpha value is -0.570. The van der Waals surface area contributed by atoms with Gasteiger partial charge in [-0.1, -0.05) is 0 Å². The van der Waals surface area contributed by atoms with Gasteiger partial charge in [0.05, 0.1) is 5.60 Å². The van der Waals surface area contributed by atoms with Gasteiger partial charge < -0.3 is 10.8 Å². The van der Waals surface area contributed by atoms with Gasteiger partial charge in [-0.3, -0.25) is 4.79 Å². The Morgan fingerprint density at radius 3 is 2.60 bits per heavy atom. The highest BCUT2D eigenvalue weighted by Crippen LogP contribution is 2.33. The first-order valence-electron chi connectivity index (χ1n) is 3.53. The summed E-state index contributed by atoms with van der Waals surface area (Å²) in [6.45, 7) is 1.75. The zero-order valence-corrected chi connectivity index (χ0v) is 6.13. The summed E-state index contributed by atoms with van der Waals surface area (Å²) in [5.74, 6) is -0.382. The molecule has 0 aromatic carbocycles. The van der Waals surface area contributed by atoms with Crippen molar-refractivity contribution in [2.45, 2.75) is 31.8 Å². The van der Waals surface area contributed by atoms with Crippen LogP contribution in [-0.4, -0.2) is 16.6 Å². The number of carbonyl (C=O) groups excluding carboxylic acids is 1. The van der Waals surface area contributed by atoms with Crippen LogP contribution >= 0.6 is 0 Å². The van der Waals surface area contributed by atoms with Gasteiger partial charge in [0.25, 0.3) is 0 Å². The van der Waals surface area contributed by atoms with Crippen molar-refractivity contribution in [1.82, 2.24) is 0 Å². The van der Waals surface area contributed by atoms with E-state index in [1.807, 2.05) is 0 Å². The summed E-state index contributed by atoms with van der Waals surface area (Å²) in [4.78, 5) is 10.6. The number of carbonyl (C=O) groups is 1. The highest BCUT2D eigenvalue weighted by atomic mass is 16.3. The molecule has 3 nitrogen and oxygen atoms in total. The number of hydrogen-bond donors (Lipinski definition) is 2. The molecule has 0 heterocycles. The standard InChI is InChI=1S/C7H13NO2/c1-7(10)3-2-5(4-7)6(8)9/h5,10H,2-4H2,1H3,(H2,8,9)/t5?,7-/m1/s1. The fourth-order valence-corrected chi connectivity index (χ4v) is 1.46. The van der Waals surface area contributed by atoms with Crippen molar-refractivity contribution in [3.05, 3.63) is 0 Å². The minimum atomic E-state index is -0.653. The number of rotatable bonds is 1. The van der Waals surface area contributed by atoms with Crippen LogP contribution in [-0.2, 0) is 4.79 Å². The molecule has 2 atom stereocenters. The number of primary amides is 1. The highest BCUT2D eigenvalue weighted by Gasteiger charge is 2.35. The largest absolute Gasteiger partial charge is 0.390 e. The second kappa shape index (κ2) is 2.23. The number of hydrogen-bond acceptors (Lipinski definition) is 2. The fourth-order valence-electron chi connectivity index (χ4n) is 1.46. The lowest BCUT2D eigenvalue weighted by atomic mass is 10.0. The van der Waals surface area contributed by atoms with E-state index in [0.29, 0.717) is 12.8 Å². The normalized spacial score (nSPS) is 40.0. The van der Waals surface area contributed by atoms with Crippen molar-refractivity contribution in [2.24, 2.45) is 11.7 Å². The Bertz CT molecular complexity index is 154. The van der Waals surface area contributed by atoms with E-state index in [1.54, 1.807) is 6.92 Å². The zero-order valence-electron chi connectivity index (χ0n) is 6.13. The van der Waals surface area contributed by atoms with Crippen LogP contribution in [0.15, 0.2) is 0 Å². The molecule has 58 valence electrons. The molecule has 1 aliphatic rings. The molecule has 0 bridgehead atoms. The third kappa shape index (κ3) is 1.48. The van der Waals surface area contributed by atoms with E-state index >= 15 is 0 Å². The van der Waals surface area contributed by atoms with E-state index in [4.69, 9.17) is 5.73 Å². The second-order valence-electron chi connectivity index (χ2n) is 3.34. The van der Waals surface area contributed by atoms with E-state index < -0.39 is 5.60 Å². The summed E-state index contributed by atoms with van der Waals surface area (Å²) < 4.78 is 0. The molecule has 0 saturated heterocycles. The molecule has 3 N–H and O–H groups in total. The van der Waals surface area contributed by atoms with Crippen LogP contribution in [0, 0.1) is 5.92 Å². The van der Waals surface area contributed by atoms with Gasteiger partial charge in [0.2, 0.25) is 5.91 Å². The Balaban J connectivity index is 2.51. The summed E-state index contributed by atoms with van der Waals surface area (Å²) >= 11 is 0. The monoisotopic (exact) mass is 143 g/mol. The number of nitrogens with two attached hydrogens (primary N) is 1. The topological polar surface area (TPSA) is 63.3 Å². The maximum absolute atomic E-state index is 10.6. The van der Waals surface area contributed by atoms with Crippen LogP contribution in [0.3, 0.4) is 0 Å². The quantitative estimate of drug-likeness (QED) is 0.543. The van der Waals surface area contributed by atoms with Crippen molar-refractivity contribution >= 4 is 5.91 Å². The third-order valence-corrected chi connectivity index (χ3v) is 2.12. The maximum atomic E-state index is 10.6. The van der Waals surface area contributed by atoms with Crippen LogP contribution in [0.4, 0.5) is 0 Å². The van der Waals surface area contributed by atoms with Crippen LogP contribution in [0.5, 0.6) is 0 Å². The first kappa shape index (κ1) is 7.54. The molecule has 1 fully saturated rings. The molecule has 0 radical (unpaired) electrons. The lowest BCUT2D eigenvalue weighted by molar-refractivity contribution is -0.122. The van der Waals surface area contributed by atoms with Crippen LogP contribution in [0.2, 0.25) is 0 Å². The van der Waals surface area contributed by atoms with Gasteiger partial charge in [-0.15, -0.1) is 0 Å². The van der Waals surface area contributed by atoms with Gasteiger partial charge in [0.15, 0.2) is 0 Å². The lowest BCUT2D eigenvalue weighted by Gasteiger charge is -2.14. The second-order valence-corrected chi connectivity index (χ2v) is 3.34. The van der Waals surface area contributed by atoms with E-state index in [2.05, 4.69) is 0 Å². The van der Waals surface area contributed by atoms with Crippen molar-refractivity contribution in [3.8, 4) is 0 Å². The minimum Gasteiger partial charge on any atom is -0.390 e. The smallest absolute Gasteiger partial charge is 0.220 e. The summed E-state index contributed by atoms with van der Waals surface area (Å²) in [6, 6.07) is 0. The maximum Gasteiger partial charge on any atom is 0.220 e.